The van der Waals surface area contributed by atoms with Gasteiger partial charge >= 0.3 is 0 Å². The number of amides is 1. The Bertz CT molecular complexity index is 284. The second-order valence-corrected chi connectivity index (χ2v) is 4.55. The molecule has 0 fully saturated rings. The number of nitrogens with two attached hydrogens (primary N) is 1. The number of nitrogens with zero attached hydrogens (tertiary/aromatic N) is 1. The first kappa shape index (κ1) is 11.2. The topological polar surface area (TPSA) is 46.3 Å². The van der Waals surface area contributed by atoms with Gasteiger partial charge in [0.05, 0.1) is 6.54 Å². The number of likely N-dealkylation sites (N-methyl/N-ethyl adjacent to an activating group) is 1. The number of hydrogen-bond donors (Lipinski definition) is 1. The molecule has 0 spiro atoms. The lowest BCUT2D eigenvalue weighted by molar-refractivity contribution is -0.119. The van der Waals surface area contributed by atoms with Crippen LogP contribution in [-0.2, 0) is 11.2 Å². The van der Waals surface area contributed by atoms with Crippen molar-refractivity contribution in [3.8, 4) is 0 Å². The number of primary amides is 1. The second-order valence-electron chi connectivity index (χ2n) is 3.51. The van der Waals surface area contributed by atoms with Crippen molar-refractivity contribution in [3.05, 3.63) is 22.4 Å². The van der Waals surface area contributed by atoms with Crippen molar-refractivity contribution in [3.63, 3.8) is 0 Å². The summed E-state index contributed by atoms with van der Waals surface area (Å²) in [5, 5.41) is 2.07. The maximum absolute atomic E-state index is 10.7. The highest BCUT2D eigenvalue weighted by Gasteiger charge is 2.11. The molecule has 0 aliphatic heterocycles. The van der Waals surface area contributed by atoms with E-state index in [1.54, 1.807) is 11.3 Å². The number of hydrogen-bond acceptors (Lipinski definition) is 3. The van der Waals surface area contributed by atoms with E-state index in [4.69, 9.17) is 5.73 Å². The molecule has 78 valence electrons. The normalized spacial score (nSPS) is 13.1. The van der Waals surface area contributed by atoms with Gasteiger partial charge in [-0.25, -0.2) is 0 Å². The molecule has 0 aliphatic rings. The maximum Gasteiger partial charge on any atom is 0.231 e. The lowest BCUT2D eigenvalue weighted by Gasteiger charge is -2.22. The zero-order valence-electron chi connectivity index (χ0n) is 8.56. The Morgan fingerprint density at radius 1 is 1.71 bits per heavy atom. The van der Waals surface area contributed by atoms with Gasteiger partial charge in [-0.1, -0.05) is 6.07 Å². The minimum atomic E-state index is -0.273. The van der Waals surface area contributed by atoms with Gasteiger partial charge in [0, 0.05) is 10.9 Å². The molecular weight excluding hydrogens is 196 g/mol. The average Bonchev–Trinajstić information content (AvgIpc) is 2.55. The van der Waals surface area contributed by atoms with Gasteiger partial charge in [-0.05, 0) is 31.8 Å². The second kappa shape index (κ2) is 5.12. The zero-order chi connectivity index (χ0) is 10.6. The monoisotopic (exact) mass is 212 g/mol. The predicted octanol–water partition coefficient (Wildman–Crippen LogP) is 1.10. The minimum absolute atomic E-state index is 0.273. The van der Waals surface area contributed by atoms with Crippen molar-refractivity contribution in [1.82, 2.24) is 4.90 Å². The molecule has 0 saturated heterocycles. The summed E-state index contributed by atoms with van der Waals surface area (Å²) < 4.78 is 0. The molecule has 1 heterocycles. The summed E-state index contributed by atoms with van der Waals surface area (Å²) in [4.78, 5) is 14.0. The predicted molar refractivity (Wildman–Crippen MR) is 59.3 cm³/mol. The van der Waals surface area contributed by atoms with Gasteiger partial charge in [-0.3, -0.25) is 9.69 Å². The Hall–Kier alpha value is -0.870. The van der Waals surface area contributed by atoms with Gasteiger partial charge in [0.15, 0.2) is 0 Å². The van der Waals surface area contributed by atoms with E-state index >= 15 is 0 Å². The van der Waals surface area contributed by atoms with E-state index in [0.717, 1.165) is 6.42 Å². The Balaban J connectivity index is 2.41. The molecule has 14 heavy (non-hydrogen) atoms. The first-order chi connectivity index (χ1) is 6.59. The summed E-state index contributed by atoms with van der Waals surface area (Å²) in [5.74, 6) is -0.273. The van der Waals surface area contributed by atoms with Crippen molar-refractivity contribution in [1.29, 1.82) is 0 Å². The lowest BCUT2D eigenvalue weighted by atomic mass is 10.2. The van der Waals surface area contributed by atoms with Gasteiger partial charge in [0.1, 0.15) is 0 Å². The summed E-state index contributed by atoms with van der Waals surface area (Å²) in [6, 6.07) is 4.50. The van der Waals surface area contributed by atoms with Crippen molar-refractivity contribution >= 4 is 17.2 Å². The summed E-state index contributed by atoms with van der Waals surface area (Å²) in [5.41, 5.74) is 5.13. The molecule has 1 atom stereocenters. The highest BCUT2D eigenvalue weighted by atomic mass is 32.1. The van der Waals surface area contributed by atoms with Crippen LogP contribution < -0.4 is 5.73 Å². The lowest BCUT2D eigenvalue weighted by Crippen LogP contribution is -2.37. The quantitative estimate of drug-likeness (QED) is 0.794. The Kier molecular flexibility index (Phi) is 4.10. The zero-order valence-corrected chi connectivity index (χ0v) is 9.38. The van der Waals surface area contributed by atoms with Crippen molar-refractivity contribution in [2.75, 3.05) is 13.6 Å². The van der Waals surface area contributed by atoms with Gasteiger partial charge in [0.2, 0.25) is 5.91 Å². The van der Waals surface area contributed by atoms with Crippen molar-refractivity contribution < 1.29 is 4.79 Å². The number of rotatable bonds is 5. The molecule has 0 aromatic carbocycles. The molecule has 0 radical (unpaired) electrons. The summed E-state index contributed by atoms with van der Waals surface area (Å²) in [7, 11) is 1.92. The summed E-state index contributed by atoms with van der Waals surface area (Å²) in [6.45, 7) is 2.43. The van der Waals surface area contributed by atoms with Crippen LogP contribution in [0.15, 0.2) is 17.5 Å². The molecule has 4 heteroatoms. The molecule has 0 saturated carbocycles. The van der Waals surface area contributed by atoms with E-state index in [1.165, 1.54) is 4.88 Å². The van der Waals surface area contributed by atoms with Gasteiger partial charge in [0.25, 0.3) is 0 Å². The fourth-order valence-electron chi connectivity index (χ4n) is 1.28. The Morgan fingerprint density at radius 3 is 2.93 bits per heavy atom. The van der Waals surface area contributed by atoms with Crippen LogP contribution in [0.3, 0.4) is 0 Å². The first-order valence-electron chi connectivity index (χ1n) is 4.60. The molecule has 1 rings (SSSR count). The van der Waals surface area contributed by atoms with Crippen molar-refractivity contribution in [2.24, 2.45) is 5.73 Å². The fraction of sp³-hybridized carbons (Fsp3) is 0.500. The molecule has 2 N–H and O–H groups in total. The Labute approximate surface area is 88.5 Å². The summed E-state index contributed by atoms with van der Waals surface area (Å²) in [6.07, 6.45) is 0.974. The van der Waals surface area contributed by atoms with Crippen LogP contribution in [0.1, 0.15) is 11.8 Å². The van der Waals surface area contributed by atoms with Gasteiger partial charge in [-0.15, -0.1) is 11.3 Å². The SMILES string of the molecule is CC(Cc1cccs1)N(C)CC(N)=O. The summed E-state index contributed by atoms with van der Waals surface area (Å²) >= 11 is 1.74. The van der Waals surface area contributed by atoms with Crippen LogP contribution in [-0.4, -0.2) is 30.4 Å². The van der Waals surface area contributed by atoms with E-state index in [-0.39, 0.29) is 5.91 Å². The fourth-order valence-corrected chi connectivity index (χ4v) is 2.10. The Morgan fingerprint density at radius 2 is 2.43 bits per heavy atom. The smallest absolute Gasteiger partial charge is 0.231 e. The van der Waals surface area contributed by atoms with Crippen molar-refractivity contribution in [2.45, 2.75) is 19.4 Å². The van der Waals surface area contributed by atoms with E-state index in [2.05, 4.69) is 18.4 Å². The third-order valence-electron chi connectivity index (χ3n) is 2.23. The first-order valence-corrected chi connectivity index (χ1v) is 5.48. The number of carbonyl (C=O) groups is 1. The maximum atomic E-state index is 10.7. The number of thiophene rings is 1. The molecule has 1 aromatic rings. The van der Waals surface area contributed by atoms with Gasteiger partial charge in [-0.2, -0.15) is 0 Å². The number of carbonyl (C=O) groups excluding carboxylic acids is 1. The van der Waals surface area contributed by atoms with Crippen LogP contribution in [0.2, 0.25) is 0 Å². The third kappa shape index (κ3) is 3.47. The largest absolute Gasteiger partial charge is 0.369 e. The van der Waals surface area contributed by atoms with E-state index in [0.29, 0.717) is 12.6 Å². The third-order valence-corrected chi connectivity index (χ3v) is 3.13. The molecular formula is C10H16N2OS. The van der Waals surface area contributed by atoms with Crippen LogP contribution in [0, 0.1) is 0 Å². The van der Waals surface area contributed by atoms with Crippen LogP contribution in [0.25, 0.3) is 0 Å². The molecule has 3 nitrogen and oxygen atoms in total. The van der Waals surface area contributed by atoms with E-state index < -0.39 is 0 Å². The van der Waals surface area contributed by atoms with Crippen LogP contribution >= 0.6 is 11.3 Å². The molecule has 0 aliphatic carbocycles. The molecule has 1 unspecified atom stereocenters. The average molecular weight is 212 g/mol. The molecule has 1 amide bonds. The van der Waals surface area contributed by atoms with E-state index in [1.807, 2.05) is 18.0 Å². The highest BCUT2D eigenvalue weighted by molar-refractivity contribution is 7.09. The van der Waals surface area contributed by atoms with E-state index in [9.17, 15) is 4.79 Å². The molecule has 1 aromatic heterocycles. The minimum Gasteiger partial charge on any atom is -0.369 e. The highest BCUT2D eigenvalue weighted by Crippen LogP contribution is 2.13. The van der Waals surface area contributed by atoms with Gasteiger partial charge < -0.3 is 5.73 Å². The van der Waals surface area contributed by atoms with Crippen LogP contribution in [0.5, 0.6) is 0 Å². The standard InChI is InChI=1S/C10H16N2OS/c1-8(12(2)7-10(11)13)6-9-4-3-5-14-9/h3-5,8H,6-7H2,1-2H3,(H2,11,13). The molecule has 0 bridgehead atoms. The van der Waals surface area contributed by atoms with Crippen LogP contribution in [0.4, 0.5) is 0 Å².